The number of hydrogen-bond acceptors (Lipinski definition) is 7. The van der Waals surface area contributed by atoms with Gasteiger partial charge in [0.1, 0.15) is 0 Å². The largest absolute Gasteiger partial charge is 0.303 e. The highest BCUT2D eigenvalue weighted by Gasteiger charge is 2.20. The second kappa shape index (κ2) is 7.62. The van der Waals surface area contributed by atoms with Crippen LogP contribution >= 0.6 is 11.3 Å². The molecule has 0 atom stereocenters. The summed E-state index contributed by atoms with van der Waals surface area (Å²) in [6.07, 6.45) is 0. The molecule has 1 rings (SSSR count). The lowest BCUT2D eigenvalue weighted by Gasteiger charge is -2.17. The molecule has 20 heavy (non-hydrogen) atoms. The summed E-state index contributed by atoms with van der Waals surface area (Å²) in [4.78, 5) is 12.9. The van der Waals surface area contributed by atoms with E-state index in [4.69, 9.17) is 0 Å². The Hall–Kier alpha value is -1.10. The maximum Gasteiger partial charge on any atom is 0.269 e. The van der Waals surface area contributed by atoms with Gasteiger partial charge in [0.2, 0.25) is 15.4 Å². The number of nitrogens with zero attached hydrogens (tertiary/aromatic N) is 3. The van der Waals surface area contributed by atoms with Crippen molar-refractivity contribution < 1.29 is 13.2 Å². The zero-order chi connectivity index (χ0) is 15.2. The molecule has 0 unspecified atom stereocenters. The molecule has 0 spiro atoms. The van der Waals surface area contributed by atoms with E-state index >= 15 is 0 Å². The SMILES string of the molecule is CCN(CC)CCNS(=O)(=O)c1nnc(NC(C)=O)s1. The van der Waals surface area contributed by atoms with Crippen molar-refractivity contribution in [1.29, 1.82) is 0 Å². The highest BCUT2D eigenvalue weighted by molar-refractivity contribution is 7.91. The van der Waals surface area contributed by atoms with Crippen LogP contribution in [0.5, 0.6) is 0 Å². The van der Waals surface area contributed by atoms with Crippen LogP contribution in [0.2, 0.25) is 0 Å². The normalized spacial score (nSPS) is 11.8. The molecule has 10 heteroatoms. The van der Waals surface area contributed by atoms with Crippen molar-refractivity contribution in [2.45, 2.75) is 25.1 Å². The summed E-state index contributed by atoms with van der Waals surface area (Å²) in [6.45, 7) is 8.01. The van der Waals surface area contributed by atoms with Crippen LogP contribution in [-0.2, 0) is 14.8 Å². The van der Waals surface area contributed by atoms with E-state index in [0.717, 1.165) is 24.4 Å². The molecule has 0 aliphatic heterocycles. The van der Waals surface area contributed by atoms with Gasteiger partial charge >= 0.3 is 0 Å². The Balaban J connectivity index is 2.60. The van der Waals surface area contributed by atoms with Gasteiger partial charge in [0.25, 0.3) is 10.0 Å². The molecule has 0 aliphatic rings. The third kappa shape index (κ3) is 5.12. The number of rotatable bonds is 8. The lowest BCUT2D eigenvalue weighted by atomic mass is 10.5. The summed E-state index contributed by atoms with van der Waals surface area (Å²) in [5.74, 6) is -0.320. The Morgan fingerprint density at radius 2 is 1.95 bits per heavy atom. The first-order valence-corrected chi connectivity index (χ1v) is 8.52. The second-order valence-electron chi connectivity index (χ2n) is 3.98. The van der Waals surface area contributed by atoms with Crippen LogP contribution in [0.25, 0.3) is 0 Å². The molecule has 0 saturated heterocycles. The number of aromatic nitrogens is 2. The topological polar surface area (TPSA) is 104 Å². The summed E-state index contributed by atoms with van der Waals surface area (Å²) >= 11 is 0.820. The summed E-state index contributed by atoms with van der Waals surface area (Å²) in [5.41, 5.74) is 0. The minimum absolute atomic E-state index is 0.152. The summed E-state index contributed by atoms with van der Waals surface area (Å²) in [7, 11) is -3.67. The van der Waals surface area contributed by atoms with Crippen LogP contribution in [0.1, 0.15) is 20.8 Å². The van der Waals surface area contributed by atoms with Crippen LogP contribution in [0, 0.1) is 0 Å². The van der Waals surface area contributed by atoms with Crippen molar-refractivity contribution in [3.05, 3.63) is 0 Å². The lowest BCUT2D eigenvalue weighted by Crippen LogP contribution is -2.34. The smallest absolute Gasteiger partial charge is 0.269 e. The van der Waals surface area contributed by atoms with Crippen molar-refractivity contribution in [2.75, 3.05) is 31.5 Å². The Kier molecular flexibility index (Phi) is 6.46. The van der Waals surface area contributed by atoms with E-state index in [1.54, 1.807) is 0 Å². The number of anilines is 1. The minimum atomic E-state index is -3.67. The van der Waals surface area contributed by atoms with Gasteiger partial charge in [-0.3, -0.25) is 4.79 Å². The molecule has 0 saturated carbocycles. The fourth-order valence-electron chi connectivity index (χ4n) is 1.46. The highest BCUT2D eigenvalue weighted by atomic mass is 32.2. The van der Waals surface area contributed by atoms with Crippen molar-refractivity contribution in [2.24, 2.45) is 0 Å². The van der Waals surface area contributed by atoms with Gasteiger partial charge in [-0.15, -0.1) is 10.2 Å². The van der Waals surface area contributed by atoms with Crippen molar-refractivity contribution >= 4 is 32.4 Å². The van der Waals surface area contributed by atoms with Crippen molar-refractivity contribution in [1.82, 2.24) is 19.8 Å². The second-order valence-corrected chi connectivity index (χ2v) is 6.90. The summed E-state index contributed by atoms with van der Waals surface area (Å²) in [5, 5.41) is 9.74. The fourth-order valence-corrected chi connectivity index (χ4v) is 3.47. The van der Waals surface area contributed by atoms with Crippen LogP contribution < -0.4 is 10.0 Å². The quantitative estimate of drug-likeness (QED) is 0.659. The maximum atomic E-state index is 12.0. The first-order valence-electron chi connectivity index (χ1n) is 6.22. The summed E-state index contributed by atoms with van der Waals surface area (Å²) < 4.78 is 26.2. The van der Waals surface area contributed by atoms with Crippen LogP contribution in [0.4, 0.5) is 5.13 Å². The zero-order valence-corrected chi connectivity index (χ0v) is 13.3. The van der Waals surface area contributed by atoms with E-state index < -0.39 is 10.0 Å². The predicted octanol–water partition coefficient (Wildman–Crippen LogP) is 0.117. The highest BCUT2D eigenvalue weighted by Crippen LogP contribution is 2.19. The monoisotopic (exact) mass is 321 g/mol. The molecule has 0 radical (unpaired) electrons. The number of carbonyl (C=O) groups is 1. The van der Waals surface area contributed by atoms with Gasteiger partial charge in [-0.2, -0.15) is 0 Å². The van der Waals surface area contributed by atoms with E-state index in [9.17, 15) is 13.2 Å². The number of hydrogen-bond donors (Lipinski definition) is 2. The lowest BCUT2D eigenvalue weighted by molar-refractivity contribution is -0.114. The molecule has 0 aromatic carbocycles. The molecule has 8 nitrogen and oxygen atoms in total. The van der Waals surface area contributed by atoms with E-state index in [1.807, 2.05) is 13.8 Å². The number of sulfonamides is 1. The zero-order valence-electron chi connectivity index (χ0n) is 11.7. The molecule has 0 fully saturated rings. The predicted molar refractivity (Wildman–Crippen MR) is 77.2 cm³/mol. The minimum Gasteiger partial charge on any atom is -0.303 e. The average molecular weight is 321 g/mol. The molecular formula is C10H19N5O3S2. The average Bonchev–Trinajstić information content (AvgIpc) is 2.83. The van der Waals surface area contributed by atoms with E-state index in [1.165, 1.54) is 6.92 Å². The van der Waals surface area contributed by atoms with Crippen LogP contribution in [0.3, 0.4) is 0 Å². The Morgan fingerprint density at radius 1 is 1.30 bits per heavy atom. The van der Waals surface area contributed by atoms with Crippen molar-refractivity contribution in [3.63, 3.8) is 0 Å². The fraction of sp³-hybridized carbons (Fsp3) is 0.700. The van der Waals surface area contributed by atoms with Gasteiger partial charge in [-0.05, 0) is 13.1 Å². The molecule has 0 bridgehead atoms. The molecule has 1 heterocycles. The third-order valence-corrected chi connectivity index (χ3v) is 5.20. The number of amides is 1. The van der Waals surface area contributed by atoms with E-state index in [-0.39, 0.29) is 15.4 Å². The standard InChI is InChI=1S/C10H19N5O3S2/c1-4-15(5-2)7-6-11-20(17,18)10-14-13-9(19-10)12-8(3)16/h11H,4-7H2,1-3H3,(H,12,13,16). The Morgan fingerprint density at radius 3 is 2.50 bits per heavy atom. The Labute approximate surface area is 122 Å². The number of likely N-dealkylation sites (N-methyl/N-ethyl adjacent to an activating group) is 1. The molecule has 1 aromatic heterocycles. The van der Waals surface area contributed by atoms with Crippen LogP contribution in [-0.4, -0.2) is 55.6 Å². The number of nitrogens with one attached hydrogen (secondary N) is 2. The van der Waals surface area contributed by atoms with E-state index in [2.05, 4.69) is 25.1 Å². The van der Waals surface area contributed by atoms with E-state index in [0.29, 0.717) is 13.1 Å². The molecule has 1 aromatic rings. The van der Waals surface area contributed by atoms with Gasteiger partial charge in [-0.1, -0.05) is 25.2 Å². The summed E-state index contributed by atoms with van der Waals surface area (Å²) in [6, 6.07) is 0. The Bertz CT molecular complexity index is 539. The molecular weight excluding hydrogens is 302 g/mol. The third-order valence-electron chi connectivity index (χ3n) is 2.53. The van der Waals surface area contributed by atoms with Gasteiger partial charge < -0.3 is 10.2 Å². The first kappa shape index (κ1) is 17.0. The number of carbonyl (C=O) groups excluding carboxylic acids is 1. The molecule has 1 amide bonds. The molecule has 2 N–H and O–H groups in total. The van der Waals surface area contributed by atoms with Gasteiger partial charge in [0, 0.05) is 20.0 Å². The molecule has 114 valence electrons. The van der Waals surface area contributed by atoms with Gasteiger partial charge in [0.05, 0.1) is 0 Å². The first-order chi connectivity index (χ1) is 9.39. The van der Waals surface area contributed by atoms with Crippen LogP contribution in [0.15, 0.2) is 4.34 Å². The molecule has 0 aliphatic carbocycles. The van der Waals surface area contributed by atoms with Gasteiger partial charge in [0.15, 0.2) is 0 Å². The maximum absolute atomic E-state index is 12.0. The van der Waals surface area contributed by atoms with Gasteiger partial charge in [-0.25, -0.2) is 13.1 Å². The van der Waals surface area contributed by atoms with Crippen molar-refractivity contribution in [3.8, 4) is 0 Å².